The molecule has 1 rings (SSSR count). The number of benzene rings is 1. The minimum absolute atomic E-state index is 0.249. The van der Waals surface area contributed by atoms with Gasteiger partial charge < -0.3 is 16.2 Å². The summed E-state index contributed by atoms with van der Waals surface area (Å²) in [5.41, 5.74) is 7.94. The molecule has 0 aliphatic heterocycles. The van der Waals surface area contributed by atoms with Crippen LogP contribution in [0.4, 0.5) is 0 Å². The van der Waals surface area contributed by atoms with Gasteiger partial charge in [0.25, 0.3) is 0 Å². The van der Waals surface area contributed by atoms with E-state index < -0.39 is 12.1 Å². The first kappa shape index (κ1) is 13.4. The summed E-state index contributed by atoms with van der Waals surface area (Å²) < 4.78 is 0. The van der Waals surface area contributed by atoms with Crippen LogP contribution in [0.1, 0.15) is 24.2 Å². The molecule has 17 heavy (non-hydrogen) atoms. The Balaban J connectivity index is 2.75. The van der Waals surface area contributed by atoms with Crippen molar-refractivity contribution >= 4 is 5.91 Å². The van der Waals surface area contributed by atoms with Gasteiger partial charge in [-0.05, 0) is 12.5 Å². The first-order valence-corrected chi connectivity index (χ1v) is 5.38. The normalized spacial score (nSPS) is 13.9. The molecule has 4 heteroatoms. The molecule has 0 aliphatic rings. The average molecular weight is 234 g/mol. The highest BCUT2D eigenvalue weighted by Gasteiger charge is 2.20. The number of amides is 1. The van der Waals surface area contributed by atoms with E-state index in [1.807, 2.05) is 19.1 Å². The molecule has 4 N–H and O–H groups in total. The predicted molar refractivity (Wildman–Crippen MR) is 67.1 cm³/mol. The van der Waals surface area contributed by atoms with Gasteiger partial charge in [-0.2, -0.15) is 0 Å². The average Bonchev–Trinajstić information content (AvgIpc) is 2.27. The third-order valence-corrected chi connectivity index (χ3v) is 2.50. The number of nitrogens with two attached hydrogens (primary N) is 1. The number of aliphatic hydroxyl groups excluding tert-OH is 1. The summed E-state index contributed by atoms with van der Waals surface area (Å²) in [6.45, 7) is 6.98. The zero-order valence-electron chi connectivity index (χ0n) is 10.1. The summed E-state index contributed by atoms with van der Waals surface area (Å²) in [5.74, 6) is -0.249. The van der Waals surface area contributed by atoms with Crippen molar-refractivity contribution in [1.29, 1.82) is 0 Å². The van der Waals surface area contributed by atoms with E-state index in [0.29, 0.717) is 11.3 Å². The van der Waals surface area contributed by atoms with Crippen LogP contribution in [0.15, 0.2) is 36.5 Å². The van der Waals surface area contributed by atoms with Crippen molar-refractivity contribution in [1.82, 2.24) is 5.32 Å². The molecule has 0 aromatic heterocycles. The monoisotopic (exact) mass is 234 g/mol. The SMILES string of the molecule is C=C(NC(C)=O)C(N)C(O)c1ccc(C)cc1. The second-order valence-electron chi connectivity index (χ2n) is 4.09. The lowest BCUT2D eigenvalue weighted by molar-refractivity contribution is -0.118. The zero-order chi connectivity index (χ0) is 13.0. The van der Waals surface area contributed by atoms with E-state index in [0.717, 1.165) is 5.56 Å². The molecule has 92 valence electrons. The van der Waals surface area contributed by atoms with Crippen LogP contribution in [-0.2, 0) is 4.79 Å². The fraction of sp³-hybridized carbons (Fsp3) is 0.308. The third-order valence-electron chi connectivity index (χ3n) is 2.50. The van der Waals surface area contributed by atoms with E-state index >= 15 is 0 Å². The molecule has 0 fully saturated rings. The first-order chi connectivity index (χ1) is 7.91. The zero-order valence-corrected chi connectivity index (χ0v) is 10.1. The molecule has 2 unspecified atom stereocenters. The maximum absolute atomic E-state index is 10.9. The van der Waals surface area contributed by atoms with E-state index in [4.69, 9.17) is 5.73 Å². The Bertz CT molecular complexity index is 412. The minimum Gasteiger partial charge on any atom is -0.386 e. The summed E-state index contributed by atoms with van der Waals surface area (Å²) >= 11 is 0. The molecule has 0 radical (unpaired) electrons. The maximum atomic E-state index is 10.9. The Kier molecular flexibility index (Phi) is 4.43. The van der Waals surface area contributed by atoms with Crippen molar-refractivity contribution < 1.29 is 9.90 Å². The lowest BCUT2D eigenvalue weighted by atomic mass is 10.00. The summed E-state index contributed by atoms with van der Waals surface area (Å²) in [5, 5.41) is 12.5. The van der Waals surface area contributed by atoms with E-state index in [2.05, 4.69) is 11.9 Å². The van der Waals surface area contributed by atoms with Gasteiger partial charge in [0, 0.05) is 12.6 Å². The highest BCUT2D eigenvalue weighted by Crippen LogP contribution is 2.18. The van der Waals surface area contributed by atoms with Crippen LogP contribution in [0.3, 0.4) is 0 Å². The van der Waals surface area contributed by atoms with Crippen LogP contribution < -0.4 is 11.1 Å². The van der Waals surface area contributed by atoms with E-state index in [9.17, 15) is 9.90 Å². The largest absolute Gasteiger partial charge is 0.386 e. The van der Waals surface area contributed by atoms with Gasteiger partial charge in [0.15, 0.2) is 0 Å². The fourth-order valence-electron chi connectivity index (χ4n) is 1.47. The highest BCUT2D eigenvalue weighted by atomic mass is 16.3. The van der Waals surface area contributed by atoms with Crippen LogP contribution in [0.2, 0.25) is 0 Å². The number of carbonyl (C=O) groups is 1. The van der Waals surface area contributed by atoms with Crippen LogP contribution in [0.25, 0.3) is 0 Å². The quantitative estimate of drug-likeness (QED) is 0.727. The first-order valence-electron chi connectivity index (χ1n) is 5.38. The van der Waals surface area contributed by atoms with Gasteiger partial charge in [-0.15, -0.1) is 0 Å². The van der Waals surface area contributed by atoms with Crippen molar-refractivity contribution in [2.24, 2.45) is 5.73 Å². The summed E-state index contributed by atoms with van der Waals surface area (Å²) in [6, 6.07) is 6.68. The number of aliphatic hydroxyl groups is 1. The molecule has 0 heterocycles. The number of carbonyl (C=O) groups excluding carboxylic acids is 1. The van der Waals surface area contributed by atoms with Gasteiger partial charge >= 0.3 is 0 Å². The van der Waals surface area contributed by atoms with Gasteiger partial charge in [-0.3, -0.25) is 4.79 Å². The fourth-order valence-corrected chi connectivity index (χ4v) is 1.47. The molecule has 2 atom stereocenters. The van der Waals surface area contributed by atoms with Gasteiger partial charge in [0.05, 0.1) is 12.1 Å². The Hall–Kier alpha value is -1.65. The van der Waals surface area contributed by atoms with Crippen LogP contribution >= 0.6 is 0 Å². The molecule has 0 spiro atoms. The number of aryl methyl sites for hydroxylation is 1. The molecule has 1 aromatic carbocycles. The molecule has 0 saturated carbocycles. The predicted octanol–water partition coefficient (Wildman–Crippen LogP) is 1.01. The molecule has 1 aromatic rings. The second-order valence-corrected chi connectivity index (χ2v) is 4.09. The van der Waals surface area contributed by atoms with E-state index in [1.165, 1.54) is 6.92 Å². The Morgan fingerprint density at radius 2 is 1.94 bits per heavy atom. The molecule has 1 amide bonds. The summed E-state index contributed by atoms with van der Waals surface area (Å²) in [6.07, 6.45) is -0.880. The Morgan fingerprint density at radius 3 is 2.41 bits per heavy atom. The molecule has 4 nitrogen and oxygen atoms in total. The summed E-state index contributed by atoms with van der Waals surface area (Å²) in [7, 11) is 0. The number of hydrogen-bond donors (Lipinski definition) is 3. The number of nitrogens with one attached hydrogen (secondary N) is 1. The van der Waals surface area contributed by atoms with Crippen molar-refractivity contribution in [2.45, 2.75) is 26.0 Å². The molecule has 0 bridgehead atoms. The Morgan fingerprint density at radius 1 is 1.41 bits per heavy atom. The van der Waals surface area contributed by atoms with Crippen molar-refractivity contribution in [3.63, 3.8) is 0 Å². The molecule has 0 aliphatic carbocycles. The van der Waals surface area contributed by atoms with Crippen molar-refractivity contribution in [2.75, 3.05) is 0 Å². The minimum atomic E-state index is -0.880. The molecular formula is C13H18N2O2. The van der Waals surface area contributed by atoms with Gasteiger partial charge in [-0.1, -0.05) is 36.4 Å². The third kappa shape index (κ3) is 3.69. The van der Waals surface area contributed by atoms with Crippen molar-refractivity contribution in [3.05, 3.63) is 47.7 Å². The maximum Gasteiger partial charge on any atom is 0.221 e. The van der Waals surface area contributed by atoms with Gasteiger partial charge in [0.2, 0.25) is 5.91 Å². The van der Waals surface area contributed by atoms with Gasteiger partial charge in [-0.25, -0.2) is 0 Å². The number of rotatable bonds is 4. The summed E-state index contributed by atoms with van der Waals surface area (Å²) in [4.78, 5) is 10.9. The van der Waals surface area contributed by atoms with Gasteiger partial charge in [0.1, 0.15) is 0 Å². The van der Waals surface area contributed by atoms with Crippen LogP contribution in [-0.4, -0.2) is 17.1 Å². The second kappa shape index (κ2) is 5.61. The number of hydrogen-bond acceptors (Lipinski definition) is 3. The topological polar surface area (TPSA) is 75.4 Å². The van der Waals surface area contributed by atoms with Crippen LogP contribution in [0.5, 0.6) is 0 Å². The lowest BCUT2D eigenvalue weighted by Gasteiger charge is -2.21. The standard InChI is InChI=1S/C13H18N2O2/c1-8-4-6-11(7-5-8)13(17)12(14)9(2)15-10(3)16/h4-7,12-13,17H,2,14H2,1,3H3,(H,15,16). The van der Waals surface area contributed by atoms with E-state index in [1.54, 1.807) is 12.1 Å². The van der Waals surface area contributed by atoms with Crippen LogP contribution in [0, 0.1) is 6.92 Å². The highest BCUT2D eigenvalue weighted by molar-refractivity contribution is 5.75. The lowest BCUT2D eigenvalue weighted by Crippen LogP contribution is -2.37. The Labute approximate surface area is 101 Å². The van der Waals surface area contributed by atoms with Crippen molar-refractivity contribution in [3.8, 4) is 0 Å². The smallest absolute Gasteiger partial charge is 0.221 e. The van der Waals surface area contributed by atoms with E-state index in [-0.39, 0.29) is 5.91 Å². The molecule has 0 saturated heterocycles. The molecular weight excluding hydrogens is 216 g/mol.